The third-order valence-electron chi connectivity index (χ3n) is 5.16. The van der Waals surface area contributed by atoms with Crippen molar-refractivity contribution in [3.05, 3.63) is 42.9 Å². The van der Waals surface area contributed by atoms with E-state index in [1.165, 1.54) is 0 Å². The molecule has 114 valence electrons. The summed E-state index contributed by atoms with van der Waals surface area (Å²) in [6.07, 6.45) is 5.97. The predicted molar refractivity (Wildman–Crippen MR) is 85.6 cm³/mol. The second-order valence-corrected chi connectivity index (χ2v) is 6.78. The average Bonchev–Trinajstić information content (AvgIpc) is 3.02. The van der Waals surface area contributed by atoms with E-state index in [2.05, 4.69) is 34.3 Å². The lowest BCUT2D eigenvalue weighted by Crippen LogP contribution is -2.23. The van der Waals surface area contributed by atoms with Gasteiger partial charge in [-0.2, -0.15) is 0 Å². The van der Waals surface area contributed by atoms with Gasteiger partial charge < -0.3 is 10.1 Å². The second-order valence-electron chi connectivity index (χ2n) is 6.78. The van der Waals surface area contributed by atoms with Crippen LogP contribution in [0.15, 0.2) is 42.9 Å². The molecule has 0 radical (unpaired) electrons. The zero-order valence-electron chi connectivity index (χ0n) is 12.8. The molecule has 4 rings (SSSR count). The predicted octanol–water partition coefficient (Wildman–Crippen LogP) is 2.91. The molecule has 1 aliphatic carbocycles. The van der Waals surface area contributed by atoms with Crippen LogP contribution in [0.2, 0.25) is 0 Å². The standard InChI is InChI=1S/C18H21N3O/c1-18-9-16(8-14(18)10-20-11-18)22-15-4-2-3-13(7-15)17-5-6-19-12-21-17/h2-7,12,14,16,20H,8-11H2,1H3/t14-,16+,18+/m1/s1. The Morgan fingerprint density at radius 3 is 3.09 bits per heavy atom. The van der Waals surface area contributed by atoms with Crippen molar-refractivity contribution < 1.29 is 4.74 Å². The first-order valence-electron chi connectivity index (χ1n) is 7.97. The van der Waals surface area contributed by atoms with E-state index in [4.69, 9.17) is 4.74 Å². The minimum absolute atomic E-state index is 0.331. The minimum Gasteiger partial charge on any atom is -0.490 e. The summed E-state index contributed by atoms with van der Waals surface area (Å²) in [5, 5.41) is 3.51. The molecular formula is C18H21N3O. The van der Waals surface area contributed by atoms with Crippen LogP contribution in [0.3, 0.4) is 0 Å². The number of hydrogen-bond donors (Lipinski definition) is 1. The Labute approximate surface area is 130 Å². The Hall–Kier alpha value is -1.94. The van der Waals surface area contributed by atoms with Crippen LogP contribution >= 0.6 is 0 Å². The maximum Gasteiger partial charge on any atom is 0.120 e. The van der Waals surface area contributed by atoms with Crippen molar-refractivity contribution in [1.29, 1.82) is 0 Å². The summed E-state index contributed by atoms with van der Waals surface area (Å²) in [5.74, 6) is 1.69. The Bertz CT molecular complexity index is 660. The largest absolute Gasteiger partial charge is 0.490 e. The van der Waals surface area contributed by atoms with E-state index in [1.54, 1.807) is 12.5 Å². The van der Waals surface area contributed by atoms with Gasteiger partial charge in [0.05, 0.1) is 11.8 Å². The summed E-state index contributed by atoms with van der Waals surface area (Å²) in [6.45, 7) is 4.65. The van der Waals surface area contributed by atoms with Crippen LogP contribution in [-0.2, 0) is 0 Å². The van der Waals surface area contributed by atoms with Crippen LogP contribution in [0, 0.1) is 11.3 Å². The summed E-state index contributed by atoms with van der Waals surface area (Å²) in [7, 11) is 0. The summed E-state index contributed by atoms with van der Waals surface area (Å²) in [4.78, 5) is 8.27. The molecule has 1 aliphatic heterocycles. The Morgan fingerprint density at radius 1 is 1.32 bits per heavy atom. The molecule has 4 heteroatoms. The molecule has 1 saturated heterocycles. The summed E-state index contributed by atoms with van der Waals surface area (Å²) >= 11 is 0. The Morgan fingerprint density at radius 2 is 2.27 bits per heavy atom. The number of ether oxygens (including phenoxy) is 1. The van der Waals surface area contributed by atoms with E-state index in [0.29, 0.717) is 11.5 Å². The monoisotopic (exact) mass is 295 g/mol. The number of benzene rings is 1. The van der Waals surface area contributed by atoms with E-state index < -0.39 is 0 Å². The highest BCUT2D eigenvalue weighted by Crippen LogP contribution is 2.46. The van der Waals surface area contributed by atoms with Gasteiger partial charge >= 0.3 is 0 Å². The van der Waals surface area contributed by atoms with Crippen LogP contribution in [0.25, 0.3) is 11.3 Å². The van der Waals surface area contributed by atoms with Crippen LogP contribution in [0.1, 0.15) is 19.8 Å². The molecule has 1 N–H and O–H groups in total. The smallest absolute Gasteiger partial charge is 0.120 e. The first-order valence-corrected chi connectivity index (χ1v) is 7.97. The van der Waals surface area contributed by atoms with Gasteiger partial charge in [0.15, 0.2) is 0 Å². The van der Waals surface area contributed by atoms with Gasteiger partial charge in [0.2, 0.25) is 0 Å². The lowest BCUT2D eigenvalue weighted by molar-refractivity contribution is 0.189. The molecule has 2 fully saturated rings. The zero-order chi connectivity index (χ0) is 15.0. The highest BCUT2D eigenvalue weighted by atomic mass is 16.5. The summed E-state index contributed by atoms with van der Waals surface area (Å²) in [5.41, 5.74) is 2.42. The van der Waals surface area contributed by atoms with Gasteiger partial charge in [-0.3, -0.25) is 0 Å². The van der Waals surface area contributed by atoms with Crippen molar-refractivity contribution in [2.75, 3.05) is 13.1 Å². The highest BCUT2D eigenvalue weighted by Gasteiger charge is 2.47. The molecule has 22 heavy (non-hydrogen) atoms. The molecule has 2 heterocycles. The van der Waals surface area contributed by atoms with Crippen molar-refractivity contribution in [3.63, 3.8) is 0 Å². The third kappa shape index (κ3) is 2.48. The van der Waals surface area contributed by atoms with Gasteiger partial charge in [0.1, 0.15) is 12.1 Å². The van der Waals surface area contributed by atoms with Crippen molar-refractivity contribution in [2.45, 2.75) is 25.9 Å². The van der Waals surface area contributed by atoms with Crippen molar-refractivity contribution in [3.8, 4) is 17.0 Å². The number of nitrogens with zero attached hydrogens (tertiary/aromatic N) is 2. The Balaban J connectivity index is 1.50. The van der Waals surface area contributed by atoms with E-state index >= 15 is 0 Å². The first-order chi connectivity index (χ1) is 10.7. The molecular weight excluding hydrogens is 274 g/mol. The third-order valence-corrected chi connectivity index (χ3v) is 5.16. The van der Waals surface area contributed by atoms with Crippen LogP contribution in [0.4, 0.5) is 0 Å². The molecule has 2 aliphatic rings. The van der Waals surface area contributed by atoms with Crippen molar-refractivity contribution in [2.24, 2.45) is 11.3 Å². The Kier molecular flexibility index (Phi) is 3.34. The zero-order valence-corrected chi connectivity index (χ0v) is 12.8. The second kappa shape index (κ2) is 5.36. The highest BCUT2D eigenvalue weighted by molar-refractivity contribution is 5.60. The number of nitrogens with one attached hydrogen (secondary N) is 1. The molecule has 1 aromatic carbocycles. The molecule has 1 saturated carbocycles. The molecule has 4 nitrogen and oxygen atoms in total. The van der Waals surface area contributed by atoms with Gasteiger partial charge in [-0.1, -0.05) is 19.1 Å². The van der Waals surface area contributed by atoms with Crippen LogP contribution in [0.5, 0.6) is 5.75 Å². The van der Waals surface area contributed by atoms with Crippen LogP contribution < -0.4 is 10.1 Å². The lowest BCUT2D eigenvalue weighted by atomic mass is 9.83. The minimum atomic E-state index is 0.331. The van der Waals surface area contributed by atoms with E-state index in [0.717, 1.165) is 48.9 Å². The summed E-state index contributed by atoms with van der Waals surface area (Å²) in [6, 6.07) is 10.1. The molecule has 0 spiro atoms. The van der Waals surface area contributed by atoms with Gasteiger partial charge in [-0.15, -0.1) is 0 Å². The SMILES string of the molecule is C[C@]12CNC[C@H]1C[C@H](Oc1cccc(-c3ccncn3)c1)C2. The molecule has 3 atom stereocenters. The van der Waals surface area contributed by atoms with E-state index in [-0.39, 0.29) is 0 Å². The maximum absolute atomic E-state index is 6.27. The fourth-order valence-corrected chi connectivity index (χ4v) is 3.92. The lowest BCUT2D eigenvalue weighted by Gasteiger charge is -2.22. The fourth-order valence-electron chi connectivity index (χ4n) is 3.92. The van der Waals surface area contributed by atoms with Crippen LogP contribution in [-0.4, -0.2) is 29.2 Å². The van der Waals surface area contributed by atoms with Crippen molar-refractivity contribution >= 4 is 0 Å². The number of hydrogen-bond acceptors (Lipinski definition) is 4. The number of aromatic nitrogens is 2. The van der Waals surface area contributed by atoms with E-state index in [9.17, 15) is 0 Å². The van der Waals surface area contributed by atoms with Crippen molar-refractivity contribution in [1.82, 2.24) is 15.3 Å². The van der Waals surface area contributed by atoms with Gasteiger partial charge in [0, 0.05) is 18.3 Å². The average molecular weight is 295 g/mol. The molecule has 0 amide bonds. The first kappa shape index (κ1) is 13.7. The topological polar surface area (TPSA) is 47.0 Å². The molecule has 1 aromatic heterocycles. The molecule has 2 aromatic rings. The quantitative estimate of drug-likeness (QED) is 0.946. The van der Waals surface area contributed by atoms with Gasteiger partial charge in [-0.05, 0) is 48.9 Å². The summed E-state index contributed by atoms with van der Waals surface area (Å²) < 4.78 is 6.27. The number of fused-ring (bicyclic) bond motifs is 1. The maximum atomic E-state index is 6.27. The van der Waals surface area contributed by atoms with Gasteiger partial charge in [-0.25, -0.2) is 9.97 Å². The van der Waals surface area contributed by atoms with Gasteiger partial charge in [0.25, 0.3) is 0 Å². The molecule has 0 bridgehead atoms. The fraction of sp³-hybridized carbons (Fsp3) is 0.444. The number of rotatable bonds is 3. The van der Waals surface area contributed by atoms with E-state index in [1.807, 2.05) is 18.2 Å². The molecule has 0 unspecified atom stereocenters. The normalized spacial score (nSPS) is 30.2.